The Morgan fingerprint density at radius 2 is 1.82 bits per heavy atom. The third kappa shape index (κ3) is 1.13. The van der Waals surface area contributed by atoms with Crippen molar-refractivity contribution in [1.29, 1.82) is 0 Å². The smallest absolute Gasteiger partial charge is 0.113 e. The maximum atomic E-state index is 5.92. The zero-order chi connectivity index (χ0) is 7.84. The van der Waals surface area contributed by atoms with Gasteiger partial charge in [-0.1, -0.05) is 41.4 Å². The van der Waals surface area contributed by atoms with Gasteiger partial charge in [0.05, 0.1) is 5.02 Å². The number of rotatable bonds is 0. The first-order chi connectivity index (χ1) is 5.29. The van der Waals surface area contributed by atoms with Crippen LogP contribution < -0.4 is 0 Å². The molecular formula is C8H4Cl2S. The Hall–Kier alpha value is -0.240. The molecular weight excluding hydrogens is 199 g/mol. The summed E-state index contributed by atoms with van der Waals surface area (Å²) in [4.78, 5) is 0. The molecule has 3 heteroatoms. The quantitative estimate of drug-likeness (QED) is 0.601. The summed E-state index contributed by atoms with van der Waals surface area (Å²) in [6.45, 7) is 0. The highest BCUT2D eigenvalue weighted by molar-refractivity contribution is 7.23. The average molecular weight is 203 g/mol. The molecule has 0 aliphatic heterocycles. The molecule has 56 valence electrons. The van der Waals surface area contributed by atoms with Crippen molar-refractivity contribution < 1.29 is 0 Å². The number of thiophene rings is 1. The number of hydrogen-bond acceptors (Lipinski definition) is 1. The zero-order valence-electron chi connectivity index (χ0n) is 5.47. The second-order valence-corrected chi connectivity index (χ2v) is 4.22. The summed E-state index contributed by atoms with van der Waals surface area (Å²) < 4.78 is 1.82. The van der Waals surface area contributed by atoms with Crippen molar-refractivity contribution >= 4 is 44.6 Å². The Kier molecular flexibility index (Phi) is 1.80. The lowest BCUT2D eigenvalue weighted by Crippen LogP contribution is -1.60. The monoisotopic (exact) mass is 202 g/mol. The molecule has 2 rings (SSSR count). The van der Waals surface area contributed by atoms with E-state index in [1.54, 1.807) is 0 Å². The summed E-state index contributed by atoms with van der Waals surface area (Å²) in [6, 6.07) is 7.92. The molecule has 0 radical (unpaired) electrons. The van der Waals surface area contributed by atoms with Crippen molar-refractivity contribution in [2.45, 2.75) is 0 Å². The van der Waals surface area contributed by atoms with E-state index in [4.69, 9.17) is 23.2 Å². The second kappa shape index (κ2) is 2.67. The molecule has 0 N–H and O–H groups in total. The minimum atomic E-state index is 0.673. The molecule has 2 aromatic rings. The van der Waals surface area contributed by atoms with Crippen LogP contribution in [0.3, 0.4) is 0 Å². The van der Waals surface area contributed by atoms with Gasteiger partial charge in [0.25, 0.3) is 0 Å². The lowest BCUT2D eigenvalue weighted by molar-refractivity contribution is 1.85. The predicted octanol–water partition coefficient (Wildman–Crippen LogP) is 4.21. The molecule has 0 saturated heterocycles. The van der Waals surface area contributed by atoms with Crippen molar-refractivity contribution in [3.63, 3.8) is 0 Å². The van der Waals surface area contributed by atoms with Crippen LogP contribution in [0.15, 0.2) is 24.3 Å². The Labute approximate surface area is 78.4 Å². The van der Waals surface area contributed by atoms with Crippen LogP contribution in [0, 0.1) is 0 Å². The van der Waals surface area contributed by atoms with Crippen molar-refractivity contribution in [2.75, 3.05) is 0 Å². The van der Waals surface area contributed by atoms with Crippen LogP contribution in [-0.4, -0.2) is 0 Å². The molecule has 0 fully saturated rings. The Morgan fingerprint density at radius 3 is 2.55 bits per heavy atom. The molecule has 11 heavy (non-hydrogen) atoms. The Balaban J connectivity index is 2.92. The third-order valence-corrected chi connectivity index (χ3v) is 3.48. The molecule has 1 aromatic carbocycles. The first-order valence-corrected chi connectivity index (χ1v) is 4.69. The Morgan fingerprint density at radius 1 is 1.09 bits per heavy atom. The van der Waals surface area contributed by atoms with Gasteiger partial charge in [-0.2, -0.15) is 0 Å². The van der Waals surface area contributed by atoms with Crippen molar-refractivity contribution in [2.24, 2.45) is 0 Å². The first kappa shape index (κ1) is 7.41. The van der Waals surface area contributed by atoms with Crippen molar-refractivity contribution in [1.82, 2.24) is 0 Å². The normalized spacial score (nSPS) is 10.7. The lowest BCUT2D eigenvalue weighted by Gasteiger charge is -1.85. The van der Waals surface area contributed by atoms with Gasteiger partial charge in [0.15, 0.2) is 0 Å². The fraction of sp³-hybridized carbons (Fsp3) is 0. The maximum absolute atomic E-state index is 5.92. The van der Waals surface area contributed by atoms with Crippen LogP contribution in [0.25, 0.3) is 10.1 Å². The topological polar surface area (TPSA) is 0 Å². The van der Waals surface area contributed by atoms with Gasteiger partial charge in [-0.05, 0) is 6.07 Å². The summed E-state index contributed by atoms with van der Waals surface area (Å²) in [5.74, 6) is 0. The molecule has 0 aliphatic carbocycles. The SMILES string of the molecule is Clc1sc2ccccc2c1Cl. The van der Waals surface area contributed by atoms with E-state index in [0.29, 0.717) is 9.36 Å². The van der Waals surface area contributed by atoms with Gasteiger partial charge < -0.3 is 0 Å². The van der Waals surface area contributed by atoms with Crippen LogP contribution in [-0.2, 0) is 0 Å². The molecule has 0 atom stereocenters. The van der Waals surface area contributed by atoms with E-state index >= 15 is 0 Å². The molecule has 0 spiro atoms. The number of halogens is 2. The van der Waals surface area contributed by atoms with E-state index in [0.717, 1.165) is 10.1 Å². The van der Waals surface area contributed by atoms with E-state index in [1.807, 2.05) is 24.3 Å². The van der Waals surface area contributed by atoms with Crippen molar-refractivity contribution in [3.8, 4) is 0 Å². The highest BCUT2D eigenvalue weighted by Crippen LogP contribution is 2.38. The molecule has 0 bridgehead atoms. The van der Waals surface area contributed by atoms with E-state index in [1.165, 1.54) is 11.3 Å². The van der Waals surface area contributed by atoms with Crippen LogP contribution in [0.1, 0.15) is 0 Å². The molecule has 1 heterocycles. The van der Waals surface area contributed by atoms with Gasteiger partial charge in [-0.3, -0.25) is 0 Å². The van der Waals surface area contributed by atoms with E-state index in [-0.39, 0.29) is 0 Å². The summed E-state index contributed by atoms with van der Waals surface area (Å²) in [5.41, 5.74) is 0. The van der Waals surface area contributed by atoms with Gasteiger partial charge in [-0.15, -0.1) is 11.3 Å². The second-order valence-electron chi connectivity index (χ2n) is 2.19. The number of hydrogen-bond donors (Lipinski definition) is 0. The largest absolute Gasteiger partial charge is 0.122 e. The van der Waals surface area contributed by atoms with Gasteiger partial charge >= 0.3 is 0 Å². The van der Waals surface area contributed by atoms with Gasteiger partial charge in [0, 0.05) is 10.1 Å². The summed E-state index contributed by atoms with van der Waals surface area (Å²) >= 11 is 13.3. The molecule has 0 unspecified atom stereocenters. The van der Waals surface area contributed by atoms with E-state index in [2.05, 4.69) is 0 Å². The maximum Gasteiger partial charge on any atom is 0.113 e. The van der Waals surface area contributed by atoms with Crippen LogP contribution >= 0.6 is 34.5 Å². The lowest BCUT2D eigenvalue weighted by atomic mass is 10.3. The molecule has 0 saturated carbocycles. The highest BCUT2D eigenvalue weighted by atomic mass is 35.5. The van der Waals surface area contributed by atoms with Crippen molar-refractivity contribution in [3.05, 3.63) is 33.6 Å². The molecule has 1 aromatic heterocycles. The summed E-state index contributed by atoms with van der Waals surface area (Å²) in [5, 5.41) is 1.72. The zero-order valence-corrected chi connectivity index (χ0v) is 7.80. The minimum Gasteiger partial charge on any atom is -0.122 e. The van der Waals surface area contributed by atoms with Crippen LogP contribution in [0.4, 0.5) is 0 Å². The summed E-state index contributed by atoms with van der Waals surface area (Å²) in [7, 11) is 0. The fourth-order valence-corrected chi connectivity index (χ4v) is 2.49. The van der Waals surface area contributed by atoms with Gasteiger partial charge in [0.1, 0.15) is 4.34 Å². The fourth-order valence-electron chi connectivity index (χ4n) is 0.984. The van der Waals surface area contributed by atoms with Gasteiger partial charge in [-0.25, -0.2) is 0 Å². The van der Waals surface area contributed by atoms with E-state index < -0.39 is 0 Å². The van der Waals surface area contributed by atoms with E-state index in [9.17, 15) is 0 Å². The van der Waals surface area contributed by atoms with Crippen LogP contribution in [0.2, 0.25) is 9.36 Å². The predicted molar refractivity (Wildman–Crippen MR) is 51.8 cm³/mol. The first-order valence-electron chi connectivity index (χ1n) is 3.11. The third-order valence-electron chi connectivity index (χ3n) is 1.50. The van der Waals surface area contributed by atoms with Crippen LogP contribution in [0.5, 0.6) is 0 Å². The van der Waals surface area contributed by atoms with Gasteiger partial charge in [0.2, 0.25) is 0 Å². The number of fused-ring (bicyclic) bond motifs is 1. The average Bonchev–Trinajstić information content (AvgIpc) is 2.30. The number of benzene rings is 1. The minimum absolute atomic E-state index is 0.673. The molecule has 0 amide bonds. The molecule has 0 aliphatic rings. The molecule has 0 nitrogen and oxygen atoms in total. The Bertz CT molecular complexity index is 392. The summed E-state index contributed by atoms with van der Waals surface area (Å²) in [6.07, 6.45) is 0. The highest BCUT2D eigenvalue weighted by Gasteiger charge is 2.05. The standard InChI is InChI=1S/C8H4Cl2S/c9-7-5-3-1-2-4-6(5)11-8(7)10/h1-4H.